The Morgan fingerprint density at radius 1 is 0.762 bits per heavy atom. The number of carboxylic acids is 1. The lowest BCUT2D eigenvalue weighted by atomic mass is 9.98. The van der Waals surface area contributed by atoms with Gasteiger partial charge >= 0.3 is 5.97 Å². The average molecular weight is 900 g/mol. The highest BCUT2D eigenvalue weighted by molar-refractivity contribution is 5.98. The number of aliphatic carboxylic acids is 1. The van der Waals surface area contributed by atoms with Crippen LogP contribution in [0.15, 0.2) is 17.1 Å². The highest BCUT2D eigenvalue weighted by Crippen LogP contribution is 2.21. The van der Waals surface area contributed by atoms with Crippen molar-refractivity contribution in [2.45, 2.75) is 121 Å². The number of nitrogens with zero attached hydrogens (tertiary/aromatic N) is 2. The number of carbonyl (C=O) groups excluding carboxylic acids is 7. The molecule has 7 amide bonds. The van der Waals surface area contributed by atoms with E-state index in [0.29, 0.717) is 18.6 Å². The van der Waals surface area contributed by atoms with Crippen molar-refractivity contribution in [2.24, 2.45) is 39.8 Å². The molecule has 21 nitrogen and oxygen atoms in total. The molecule has 0 radical (unpaired) electrons. The zero-order valence-corrected chi connectivity index (χ0v) is 35.6. The Kier molecular flexibility index (Phi) is 21.2. The molecule has 7 atom stereocenters. The van der Waals surface area contributed by atoms with Crippen LogP contribution in [0.4, 0.5) is 13.2 Å². The number of amides is 7. The molecule has 1 heterocycles. The highest BCUT2D eigenvalue weighted by atomic mass is 19.2. The van der Waals surface area contributed by atoms with Crippen molar-refractivity contribution in [2.75, 3.05) is 19.7 Å². The van der Waals surface area contributed by atoms with Gasteiger partial charge in [-0.25, -0.2) is 18.0 Å². The normalized spacial score (nSPS) is 16.5. The van der Waals surface area contributed by atoms with Crippen LogP contribution in [0.25, 0.3) is 0 Å². The standard InChI is InChI=1S/C39H60F3N11O10/c1-18(2)13-25(34(58)48-24(7-5-11-47-39(45)46)33(57)52-28(16-30(44)55)37(61)53-12-6-8-29(53)38(62)63)50-35(59)26(14-19(3)4)51-36(60)27(49-32(56)23(43)17-54)15-20-21(40)9-10-22(41)31(20)42/h9-10,18-19,23-29,54H,5-8,11-17,43H2,1-4H3,(H2,44,55)(H,48,58)(H,49,56)(H,50,59)(H,51,60)(H,52,57)(H,62,63)(H4,45,46,47)/t23-,24-,25-,26-,27-,28-,29-/m0/s1. The number of likely N-dealkylation sites (tertiary alicyclic amines) is 1. The van der Waals surface area contributed by atoms with Crippen molar-refractivity contribution in [3.8, 4) is 0 Å². The fourth-order valence-corrected chi connectivity index (χ4v) is 6.69. The number of aliphatic imine (C=N–C) groups is 1. The van der Waals surface area contributed by atoms with Crippen molar-refractivity contribution >= 4 is 53.3 Å². The van der Waals surface area contributed by atoms with Crippen LogP contribution in [-0.2, 0) is 44.8 Å². The zero-order valence-electron chi connectivity index (χ0n) is 35.6. The van der Waals surface area contributed by atoms with E-state index < -0.39 is 132 Å². The molecule has 24 heteroatoms. The summed E-state index contributed by atoms with van der Waals surface area (Å²) in [5.74, 6) is -13.4. The predicted octanol–water partition coefficient (Wildman–Crippen LogP) is -2.51. The third-order valence-electron chi connectivity index (χ3n) is 9.81. The molecule has 0 aliphatic carbocycles. The summed E-state index contributed by atoms with van der Waals surface area (Å²) in [4.78, 5) is 110. The third kappa shape index (κ3) is 17.0. The van der Waals surface area contributed by atoms with E-state index in [9.17, 15) is 61.7 Å². The molecule has 1 aliphatic rings. The number of carboxylic acid groups (broad SMARTS) is 1. The number of nitrogens with two attached hydrogens (primary N) is 4. The lowest BCUT2D eigenvalue weighted by molar-refractivity contribution is -0.149. The molecule has 0 bridgehead atoms. The van der Waals surface area contributed by atoms with Gasteiger partial charge in [0, 0.05) is 25.1 Å². The van der Waals surface area contributed by atoms with Gasteiger partial charge in [-0.1, -0.05) is 27.7 Å². The van der Waals surface area contributed by atoms with Crippen molar-refractivity contribution in [1.82, 2.24) is 31.5 Å². The summed E-state index contributed by atoms with van der Waals surface area (Å²) in [6, 6.07) is -9.44. The molecule has 352 valence electrons. The molecule has 15 N–H and O–H groups in total. The minimum Gasteiger partial charge on any atom is -0.480 e. The topological polar surface area (TPSA) is 357 Å². The Labute approximate surface area is 362 Å². The van der Waals surface area contributed by atoms with Crippen LogP contribution < -0.4 is 49.5 Å². The number of halogens is 3. The number of aliphatic hydroxyl groups excluding tert-OH is 1. The van der Waals surface area contributed by atoms with E-state index in [0.717, 1.165) is 4.90 Å². The molecule has 1 aliphatic heterocycles. The Balaban J connectivity index is 2.45. The monoisotopic (exact) mass is 899 g/mol. The number of primary amides is 1. The van der Waals surface area contributed by atoms with Gasteiger partial charge in [0.05, 0.1) is 13.0 Å². The van der Waals surface area contributed by atoms with Crippen molar-refractivity contribution in [3.63, 3.8) is 0 Å². The van der Waals surface area contributed by atoms with E-state index in [1.54, 1.807) is 27.7 Å². The SMILES string of the molecule is CC(C)C[C@H](NC(=O)[C@H](CC(C)C)NC(=O)[C@H](Cc1c(F)ccc(F)c1F)NC(=O)[C@@H](N)CO)C(=O)N[C@@H](CCCN=C(N)N)C(=O)N[C@@H](CC(N)=O)C(=O)N1CCC[C@H]1C(=O)O. The first kappa shape index (κ1) is 53.1. The summed E-state index contributed by atoms with van der Waals surface area (Å²) in [5.41, 5.74) is 20.9. The van der Waals surface area contributed by atoms with E-state index in [4.69, 9.17) is 22.9 Å². The Morgan fingerprint density at radius 3 is 1.76 bits per heavy atom. The minimum atomic E-state index is -1.86. The first-order chi connectivity index (χ1) is 29.5. The van der Waals surface area contributed by atoms with Gasteiger partial charge in [-0.05, 0) is 62.5 Å². The minimum absolute atomic E-state index is 0.00564. The maximum atomic E-state index is 14.7. The molecular formula is C39H60F3N11O10. The van der Waals surface area contributed by atoms with Gasteiger partial charge in [0.25, 0.3) is 0 Å². The van der Waals surface area contributed by atoms with E-state index >= 15 is 0 Å². The first-order valence-corrected chi connectivity index (χ1v) is 20.3. The maximum absolute atomic E-state index is 14.7. The van der Waals surface area contributed by atoms with Crippen molar-refractivity contribution < 1.29 is 61.7 Å². The Hall–Kier alpha value is -6.04. The second-order valence-corrected chi connectivity index (χ2v) is 16.0. The maximum Gasteiger partial charge on any atom is 0.326 e. The molecule has 2 rings (SSSR count). The fourth-order valence-electron chi connectivity index (χ4n) is 6.69. The summed E-state index contributed by atoms with van der Waals surface area (Å²) >= 11 is 0. The summed E-state index contributed by atoms with van der Waals surface area (Å²) in [6.07, 6.45) is -1.35. The number of guanidine groups is 1. The molecule has 1 saturated heterocycles. The molecule has 1 aromatic rings. The number of hydrogen-bond donors (Lipinski definition) is 11. The van der Waals surface area contributed by atoms with Crippen LogP contribution in [0.3, 0.4) is 0 Å². The second kappa shape index (κ2) is 25.2. The van der Waals surface area contributed by atoms with Crippen LogP contribution in [0, 0.1) is 29.3 Å². The quantitative estimate of drug-likeness (QED) is 0.0209. The molecular weight excluding hydrogens is 839 g/mol. The van der Waals surface area contributed by atoms with Gasteiger partial charge in [-0.15, -0.1) is 0 Å². The van der Waals surface area contributed by atoms with E-state index in [1.807, 2.05) is 0 Å². The smallest absolute Gasteiger partial charge is 0.326 e. The van der Waals surface area contributed by atoms with Gasteiger partial charge in [-0.2, -0.15) is 0 Å². The number of hydrogen-bond acceptors (Lipinski definition) is 11. The predicted molar refractivity (Wildman–Crippen MR) is 220 cm³/mol. The fraction of sp³-hybridized carbons (Fsp3) is 0.615. The Morgan fingerprint density at radius 2 is 1.25 bits per heavy atom. The lowest BCUT2D eigenvalue weighted by Gasteiger charge is -2.29. The molecule has 63 heavy (non-hydrogen) atoms. The molecule has 1 aromatic carbocycles. The number of carbonyl (C=O) groups is 8. The van der Waals surface area contributed by atoms with Gasteiger partial charge in [0.2, 0.25) is 41.4 Å². The van der Waals surface area contributed by atoms with Gasteiger partial charge in [0.15, 0.2) is 17.6 Å². The van der Waals surface area contributed by atoms with Gasteiger partial charge in [-0.3, -0.25) is 38.6 Å². The lowest BCUT2D eigenvalue weighted by Crippen LogP contribution is -2.60. The highest BCUT2D eigenvalue weighted by Gasteiger charge is 2.39. The molecule has 0 spiro atoms. The van der Waals surface area contributed by atoms with Gasteiger partial charge < -0.3 is 64.6 Å². The molecule has 0 aromatic heterocycles. The first-order valence-electron chi connectivity index (χ1n) is 20.3. The number of nitrogens with one attached hydrogen (secondary N) is 5. The summed E-state index contributed by atoms with van der Waals surface area (Å²) in [5, 5.41) is 31.1. The van der Waals surface area contributed by atoms with Crippen LogP contribution >= 0.6 is 0 Å². The number of rotatable bonds is 25. The molecule has 1 fully saturated rings. The Bertz CT molecular complexity index is 1850. The van der Waals surface area contributed by atoms with Crippen LogP contribution in [0.5, 0.6) is 0 Å². The molecule has 0 unspecified atom stereocenters. The number of benzene rings is 1. The average Bonchev–Trinajstić information content (AvgIpc) is 3.70. The van der Waals surface area contributed by atoms with E-state index in [-0.39, 0.29) is 63.0 Å². The van der Waals surface area contributed by atoms with E-state index in [2.05, 4.69) is 31.6 Å². The van der Waals surface area contributed by atoms with Crippen LogP contribution in [0.2, 0.25) is 0 Å². The largest absolute Gasteiger partial charge is 0.480 e. The number of aliphatic hydroxyl groups is 1. The zero-order chi connectivity index (χ0) is 47.7. The van der Waals surface area contributed by atoms with Gasteiger partial charge in [0.1, 0.15) is 48.1 Å². The second-order valence-electron chi connectivity index (χ2n) is 16.0. The van der Waals surface area contributed by atoms with Crippen LogP contribution in [-0.4, -0.2) is 130 Å². The summed E-state index contributed by atoms with van der Waals surface area (Å²) < 4.78 is 43.5. The molecule has 0 saturated carbocycles. The van der Waals surface area contributed by atoms with Crippen molar-refractivity contribution in [1.29, 1.82) is 0 Å². The van der Waals surface area contributed by atoms with E-state index in [1.165, 1.54) is 0 Å². The third-order valence-corrected chi connectivity index (χ3v) is 9.81. The van der Waals surface area contributed by atoms with Crippen LogP contribution in [0.1, 0.15) is 78.2 Å². The van der Waals surface area contributed by atoms with Crippen molar-refractivity contribution in [3.05, 3.63) is 35.1 Å². The summed E-state index contributed by atoms with van der Waals surface area (Å²) in [6.45, 7) is 5.97. The summed E-state index contributed by atoms with van der Waals surface area (Å²) in [7, 11) is 0.